The quantitative estimate of drug-likeness (QED) is 0.0659. The van der Waals surface area contributed by atoms with E-state index >= 15 is 0 Å². The van der Waals surface area contributed by atoms with Crippen molar-refractivity contribution in [3.63, 3.8) is 0 Å². The van der Waals surface area contributed by atoms with Crippen LogP contribution in [-0.4, -0.2) is 42.2 Å². The highest BCUT2D eigenvalue weighted by Gasteiger charge is 2.54. The molecule has 0 aliphatic carbocycles. The third kappa shape index (κ3) is 7.28. The fourth-order valence-electron chi connectivity index (χ4n) is 5.32. The second-order valence-electron chi connectivity index (χ2n) is 10.5. The average Bonchev–Trinajstić information content (AvgIpc) is 3.47. The summed E-state index contributed by atoms with van der Waals surface area (Å²) in [5, 5.41) is 19.9. The largest absolute Gasteiger partial charge is 0.494 e. The molecule has 232 valence electrons. The lowest BCUT2D eigenvalue weighted by Gasteiger charge is -2.31. The molecule has 1 heterocycles. The van der Waals surface area contributed by atoms with Gasteiger partial charge in [-0.2, -0.15) is 0 Å². The molecule has 1 aliphatic rings. The summed E-state index contributed by atoms with van der Waals surface area (Å²) in [6.07, 6.45) is 0.0944. The number of benzene rings is 4. The second-order valence-corrected chi connectivity index (χ2v) is 10.5. The van der Waals surface area contributed by atoms with Gasteiger partial charge in [0.2, 0.25) is 5.90 Å². The van der Waals surface area contributed by atoms with E-state index in [4.69, 9.17) is 19.6 Å². The van der Waals surface area contributed by atoms with Crippen LogP contribution in [0.25, 0.3) is 20.9 Å². The number of hydrogen-bond acceptors (Lipinski definition) is 7. The molecule has 0 radical (unpaired) electrons. The number of carbonyl (C=O) groups is 1. The lowest BCUT2D eigenvalue weighted by atomic mass is 9.81. The summed E-state index contributed by atoms with van der Waals surface area (Å²) in [4.78, 5) is 25.5. The maximum atomic E-state index is 14.5. The molecule has 0 saturated heterocycles. The topological polar surface area (TPSA) is 178 Å². The summed E-state index contributed by atoms with van der Waals surface area (Å²) < 4.78 is 12.2. The minimum atomic E-state index is -1.59. The summed E-state index contributed by atoms with van der Waals surface area (Å²) in [5.41, 5.74) is 20.4. The van der Waals surface area contributed by atoms with Gasteiger partial charge in [-0.25, -0.2) is 4.99 Å². The van der Waals surface area contributed by atoms with Crippen LogP contribution in [0.3, 0.4) is 0 Å². The number of amides is 1. The van der Waals surface area contributed by atoms with Crippen LogP contribution < -0.4 is 10.1 Å². The standard InChI is InChI=1S/C34H32N8O4/c35-41-39-29-13-6-4-11-26(29)23-34(33(44)37-20-19-24-9-2-1-3-10-24)31(28-12-5-7-14-30(28)40-42-36)46-32(38-34)25-15-17-27(18-16-25)45-22-8-21-43/h1-7,9-18,31,43H,8,19-23H2,(H,37,44)/t31-,34-/m1/s1. The van der Waals surface area contributed by atoms with Crippen molar-refractivity contribution in [1.82, 2.24) is 5.32 Å². The number of aliphatic hydroxyl groups excluding tert-OH is 1. The molecule has 0 spiro atoms. The van der Waals surface area contributed by atoms with Gasteiger partial charge in [0.25, 0.3) is 5.91 Å². The van der Waals surface area contributed by atoms with E-state index in [1.807, 2.05) is 30.3 Å². The number of azide groups is 2. The zero-order valence-corrected chi connectivity index (χ0v) is 24.9. The number of aliphatic imine (C=N–C) groups is 1. The molecule has 12 nitrogen and oxygen atoms in total. The molecule has 0 aromatic heterocycles. The van der Waals surface area contributed by atoms with Crippen molar-refractivity contribution in [2.24, 2.45) is 15.2 Å². The van der Waals surface area contributed by atoms with Crippen molar-refractivity contribution in [2.75, 3.05) is 19.8 Å². The molecule has 0 unspecified atom stereocenters. The summed E-state index contributed by atoms with van der Waals surface area (Å²) in [7, 11) is 0. The number of carbonyl (C=O) groups excluding carboxylic acids is 1. The van der Waals surface area contributed by atoms with Crippen LogP contribution in [0, 0.1) is 0 Å². The van der Waals surface area contributed by atoms with Crippen LogP contribution in [0.1, 0.15) is 34.8 Å². The highest BCUT2D eigenvalue weighted by molar-refractivity contribution is 6.01. The number of ether oxygens (including phenoxy) is 2. The Morgan fingerprint density at radius 2 is 1.59 bits per heavy atom. The Hall–Kier alpha value is -5.80. The molecule has 12 heteroatoms. The number of nitrogens with one attached hydrogen (secondary N) is 1. The first-order valence-corrected chi connectivity index (χ1v) is 14.8. The lowest BCUT2D eigenvalue weighted by molar-refractivity contribution is -0.128. The second kappa shape index (κ2) is 15.3. The number of aliphatic hydroxyl groups is 1. The van der Waals surface area contributed by atoms with Crippen molar-refractivity contribution in [3.05, 3.63) is 146 Å². The zero-order chi connectivity index (χ0) is 32.2. The molecule has 4 aromatic carbocycles. The first-order chi connectivity index (χ1) is 22.6. The van der Waals surface area contributed by atoms with E-state index in [0.717, 1.165) is 5.56 Å². The highest BCUT2D eigenvalue weighted by atomic mass is 16.5. The first-order valence-electron chi connectivity index (χ1n) is 14.8. The summed E-state index contributed by atoms with van der Waals surface area (Å²) in [6, 6.07) is 30.8. The molecule has 1 amide bonds. The Bertz CT molecular complexity index is 1780. The fraction of sp³-hybridized carbons (Fsp3) is 0.235. The van der Waals surface area contributed by atoms with E-state index in [0.29, 0.717) is 59.8 Å². The Morgan fingerprint density at radius 1 is 0.913 bits per heavy atom. The van der Waals surface area contributed by atoms with Crippen LogP contribution in [-0.2, 0) is 22.4 Å². The molecule has 46 heavy (non-hydrogen) atoms. The predicted molar refractivity (Wildman–Crippen MR) is 174 cm³/mol. The van der Waals surface area contributed by atoms with Crippen molar-refractivity contribution in [3.8, 4) is 5.75 Å². The molecule has 0 bridgehead atoms. The van der Waals surface area contributed by atoms with Gasteiger partial charge in [0.1, 0.15) is 5.75 Å². The van der Waals surface area contributed by atoms with Gasteiger partial charge in [-0.15, -0.1) is 0 Å². The Labute approximate surface area is 265 Å². The number of hydrogen-bond donors (Lipinski definition) is 2. The van der Waals surface area contributed by atoms with Crippen molar-refractivity contribution < 1.29 is 19.4 Å². The minimum absolute atomic E-state index is 0.0144. The van der Waals surface area contributed by atoms with E-state index in [1.54, 1.807) is 72.8 Å². The first kappa shape index (κ1) is 31.6. The van der Waals surface area contributed by atoms with Gasteiger partial charge in [-0.3, -0.25) is 4.79 Å². The van der Waals surface area contributed by atoms with Gasteiger partial charge in [0.15, 0.2) is 11.6 Å². The molecule has 4 aromatic rings. The fourth-order valence-corrected chi connectivity index (χ4v) is 5.32. The maximum Gasteiger partial charge on any atom is 0.252 e. The van der Waals surface area contributed by atoms with Crippen molar-refractivity contribution >= 4 is 23.2 Å². The van der Waals surface area contributed by atoms with E-state index in [1.165, 1.54) is 0 Å². The van der Waals surface area contributed by atoms with Crippen LogP contribution in [0.4, 0.5) is 11.4 Å². The Balaban J connectivity index is 1.61. The molecule has 1 aliphatic heterocycles. The van der Waals surface area contributed by atoms with Crippen LogP contribution in [0.15, 0.2) is 118 Å². The monoisotopic (exact) mass is 616 g/mol. The minimum Gasteiger partial charge on any atom is -0.494 e. The normalized spacial score (nSPS) is 16.7. The van der Waals surface area contributed by atoms with E-state index in [2.05, 4.69) is 25.4 Å². The van der Waals surface area contributed by atoms with Crippen LogP contribution >= 0.6 is 0 Å². The summed E-state index contributed by atoms with van der Waals surface area (Å²) >= 11 is 0. The number of nitrogens with zero attached hydrogens (tertiary/aromatic N) is 7. The van der Waals surface area contributed by atoms with Crippen LogP contribution in [0.2, 0.25) is 0 Å². The lowest BCUT2D eigenvalue weighted by Crippen LogP contribution is -2.50. The van der Waals surface area contributed by atoms with Gasteiger partial charge in [0, 0.05) is 58.3 Å². The summed E-state index contributed by atoms with van der Waals surface area (Å²) in [6.45, 7) is 0.722. The molecule has 2 atom stereocenters. The molecule has 0 fully saturated rings. The third-order valence-corrected chi connectivity index (χ3v) is 7.55. The van der Waals surface area contributed by atoms with E-state index in [9.17, 15) is 15.9 Å². The van der Waals surface area contributed by atoms with Gasteiger partial charge in [-0.1, -0.05) is 89.1 Å². The smallest absolute Gasteiger partial charge is 0.252 e. The van der Waals surface area contributed by atoms with Crippen molar-refractivity contribution in [2.45, 2.75) is 30.9 Å². The van der Waals surface area contributed by atoms with Crippen molar-refractivity contribution in [1.29, 1.82) is 0 Å². The molecular weight excluding hydrogens is 584 g/mol. The molecule has 5 rings (SSSR count). The van der Waals surface area contributed by atoms with Gasteiger partial charge in [-0.05, 0) is 52.9 Å². The molecular formula is C34H32N8O4. The third-order valence-electron chi connectivity index (χ3n) is 7.55. The SMILES string of the molecule is [N-]=[N+]=Nc1ccccc1C[C@@]1(C(=O)NCCc2ccccc2)N=C(c2ccc(OCCCO)cc2)O[C@@H]1c1ccccc1N=[N+]=[N-]. The highest BCUT2D eigenvalue weighted by Crippen LogP contribution is 2.46. The average molecular weight is 617 g/mol. The van der Waals surface area contributed by atoms with E-state index < -0.39 is 17.6 Å². The van der Waals surface area contributed by atoms with E-state index in [-0.39, 0.29) is 18.9 Å². The number of rotatable bonds is 14. The van der Waals surface area contributed by atoms with Crippen LogP contribution in [0.5, 0.6) is 5.75 Å². The van der Waals surface area contributed by atoms with Gasteiger partial charge in [0.05, 0.1) is 6.61 Å². The predicted octanol–water partition coefficient (Wildman–Crippen LogP) is 7.19. The Kier molecular flexibility index (Phi) is 10.5. The van der Waals surface area contributed by atoms with Gasteiger partial charge < -0.3 is 19.9 Å². The zero-order valence-electron chi connectivity index (χ0n) is 24.9. The Morgan fingerprint density at radius 3 is 2.33 bits per heavy atom. The summed E-state index contributed by atoms with van der Waals surface area (Å²) in [5.74, 6) is 0.412. The molecule has 0 saturated carbocycles. The maximum absolute atomic E-state index is 14.5. The molecule has 2 N–H and O–H groups in total. The van der Waals surface area contributed by atoms with Gasteiger partial charge >= 0.3 is 0 Å².